The van der Waals surface area contributed by atoms with Gasteiger partial charge in [-0.2, -0.15) is 0 Å². The zero-order valence-electron chi connectivity index (χ0n) is 12.4. The molecule has 2 rings (SSSR count). The molecule has 19 heavy (non-hydrogen) atoms. The highest BCUT2D eigenvalue weighted by molar-refractivity contribution is 5.40. The van der Waals surface area contributed by atoms with E-state index in [9.17, 15) is 4.79 Å². The van der Waals surface area contributed by atoms with Gasteiger partial charge in [0.25, 0.3) is 5.56 Å². The molecule has 0 radical (unpaired) electrons. The van der Waals surface area contributed by atoms with Crippen molar-refractivity contribution in [1.82, 2.24) is 9.78 Å². The Bertz CT molecular complexity index is 647. The maximum absolute atomic E-state index is 12.5. The number of nitrogens with one attached hydrogen (secondary N) is 1. The molecule has 3 heteroatoms. The Kier molecular flexibility index (Phi) is 3.65. The summed E-state index contributed by atoms with van der Waals surface area (Å²) < 4.78 is 1.67. The Balaban J connectivity index is 2.63. The number of benzene rings is 1. The average Bonchev–Trinajstić information content (AvgIpc) is 2.70. The summed E-state index contributed by atoms with van der Waals surface area (Å²) in [6, 6.07) is 6.10. The van der Waals surface area contributed by atoms with Crippen LogP contribution in [0, 0.1) is 13.8 Å². The zero-order valence-corrected chi connectivity index (χ0v) is 12.4. The first-order valence-electron chi connectivity index (χ1n) is 6.87. The lowest BCUT2D eigenvalue weighted by Gasteiger charge is -2.06. The number of hydrogen-bond acceptors (Lipinski definition) is 1. The molecule has 0 fully saturated rings. The van der Waals surface area contributed by atoms with Crippen LogP contribution in [0.5, 0.6) is 0 Å². The van der Waals surface area contributed by atoms with Gasteiger partial charge in [-0.1, -0.05) is 26.8 Å². The third-order valence-corrected chi connectivity index (χ3v) is 3.70. The molecule has 1 heterocycles. The summed E-state index contributed by atoms with van der Waals surface area (Å²) in [5, 5.41) is 3.27. The van der Waals surface area contributed by atoms with Crippen LogP contribution in [0.4, 0.5) is 0 Å². The third-order valence-electron chi connectivity index (χ3n) is 3.70. The minimum Gasteiger partial charge on any atom is -0.294 e. The van der Waals surface area contributed by atoms with Crippen molar-refractivity contribution in [2.24, 2.45) is 0 Å². The van der Waals surface area contributed by atoms with Crippen LogP contribution in [-0.2, 0) is 6.42 Å². The largest absolute Gasteiger partial charge is 0.294 e. The Morgan fingerprint density at radius 2 is 1.89 bits per heavy atom. The first-order valence-corrected chi connectivity index (χ1v) is 6.87. The normalized spacial score (nSPS) is 11.3. The minimum absolute atomic E-state index is 0.0782. The topological polar surface area (TPSA) is 37.8 Å². The van der Waals surface area contributed by atoms with Crippen LogP contribution in [0.2, 0.25) is 0 Å². The van der Waals surface area contributed by atoms with E-state index in [1.807, 2.05) is 13.0 Å². The van der Waals surface area contributed by atoms with Crippen molar-refractivity contribution < 1.29 is 0 Å². The molecule has 102 valence electrons. The minimum atomic E-state index is 0.0782. The summed E-state index contributed by atoms with van der Waals surface area (Å²) in [6.45, 7) is 10.4. The van der Waals surface area contributed by atoms with Crippen LogP contribution in [0.1, 0.15) is 49.1 Å². The number of rotatable bonds is 3. The molecule has 0 unspecified atom stereocenters. The average molecular weight is 258 g/mol. The van der Waals surface area contributed by atoms with Gasteiger partial charge in [0, 0.05) is 11.3 Å². The van der Waals surface area contributed by atoms with E-state index in [-0.39, 0.29) is 5.56 Å². The fourth-order valence-electron chi connectivity index (χ4n) is 2.35. The van der Waals surface area contributed by atoms with Crippen molar-refractivity contribution in [3.8, 4) is 5.69 Å². The maximum atomic E-state index is 12.5. The number of aromatic nitrogens is 2. The van der Waals surface area contributed by atoms with Crippen molar-refractivity contribution in [2.45, 2.75) is 47.0 Å². The van der Waals surface area contributed by atoms with E-state index in [2.05, 4.69) is 44.9 Å². The molecule has 0 saturated heterocycles. The number of aryl methyl sites for hydroxylation is 2. The lowest BCUT2D eigenvalue weighted by molar-refractivity contribution is 0.757. The van der Waals surface area contributed by atoms with Gasteiger partial charge in [0.05, 0.1) is 5.69 Å². The van der Waals surface area contributed by atoms with E-state index in [1.165, 1.54) is 11.1 Å². The molecule has 0 bridgehead atoms. The first kappa shape index (κ1) is 13.7. The second kappa shape index (κ2) is 5.08. The van der Waals surface area contributed by atoms with Crippen LogP contribution in [0.25, 0.3) is 5.69 Å². The Labute approximate surface area is 114 Å². The lowest BCUT2D eigenvalue weighted by Crippen LogP contribution is -2.17. The Morgan fingerprint density at radius 1 is 1.21 bits per heavy atom. The van der Waals surface area contributed by atoms with Crippen molar-refractivity contribution in [2.75, 3.05) is 0 Å². The van der Waals surface area contributed by atoms with Crippen LogP contribution >= 0.6 is 0 Å². The van der Waals surface area contributed by atoms with E-state index < -0.39 is 0 Å². The molecular weight excluding hydrogens is 236 g/mol. The Morgan fingerprint density at radius 3 is 2.37 bits per heavy atom. The molecule has 3 nitrogen and oxygen atoms in total. The van der Waals surface area contributed by atoms with Crippen LogP contribution in [-0.4, -0.2) is 9.78 Å². The number of nitrogens with zero attached hydrogens (tertiary/aromatic N) is 1. The van der Waals surface area contributed by atoms with Gasteiger partial charge in [-0.25, -0.2) is 4.68 Å². The molecule has 0 saturated carbocycles. The second-order valence-corrected chi connectivity index (χ2v) is 5.42. The molecule has 1 aromatic carbocycles. The van der Waals surface area contributed by atoms with Crippen LogP contribution < -0.4 is 5.56 Å². The molecular formula is C16H22N2O. The highest BCUT2D eigenvalue weighted by atomic mass is 16.1. The molecule has 0 spiro atoms. The number of aromatic amines is 1. The number of H-pyrrole nitrogens is 1. The van der Waals surface area contributed by atoms with Gasteiger partial charge >= 0.3 is 0 Å². The summed E-state index contributed by atoms with van der Waals surface area (Å²) in [7, 11) is 0. The van der Waals surface area contributed by atoms with Crippen LogP contribution in [0.3, 0.4) is 0 Å². The third kappa shape index (κ3) is 2.37. The van der Waals surface area contributed by atoms with E-state index >= 15 is 0 Å². The van der Waals surface area contributed by atoms with Gasteiger partial charge in [-0.3, -0.25) is 9.89 Å². The summed E-state index contributed by atoms with van der Waals surface area (Å²) in [4.78, 5) is 12.5. The first-order chi connectivity index (χ1) is 8.95. The summed E-state index contributed by atoms with van der Waals surface area (Å²) in [6.07, 6.45) is 0.765. The van der Waals surface area contributed by atoms with E-state index in [1.54, 1.807) is 4.68 Å². The predicted octanol–water partition coefficient (Wildman–Crippen LogP) is 3.47. The monoisotopic (exact) mass is 258 g/mol. The van der Waals surface area contributed by atoms with Gasteiger partial charge in [0.15, 0.2) is 0 Å². The maximum Gasteiger partial charge on any atom is 0.274 e. The fourth-order valence-corrected chi connectivity index (χ4v) is 2.35. The van der Waals surface area contributed by atoms with Gasteiger partial charge in [0.2, 0.25) is 0 Å². The second-order valence-electron chi connectivity index (χ2n) is 5.42. The Hall–Kier alpha value is -1.77. The molecule has 1 N–H and O–H groups in total. The highest BCUT2D eigenvalue weighted by Gasteiger charge is 2.16. The SMILES string of the molecule is CCc1c(C(C)C)[nH]n(-c2ccc(C)c(C)c2)c1=O. The van der Waals surface area contributed by atoms with Gasteiger partial charge in [-0.05, 0) is 49.4 Å². The predicted molar refractivity (Wildman–Crippen MR) is 79.3 cm³/mol. The highest BCUT2D eigenvalue weighted by Crippen LogP contribution is 2.18. The molecule has 0 aliphatic rings. The molecule has 1 aromatic heterocycles. The fraction of sp³-hybridized carbons (Fsp3) is 0.438. The zero-order chi connectivity index (χ0) is 14.2. The van der Waals surface area contributed by atoms with Crippen molar-refractivity contribution in [3.63, 3.8) is 0 Å². The standard InChI is InChI=1S/C16H22N2O/c1-6-14-15(10(2)3)17-18(16(14)19)13-8-7-11(4)12(5)9-13/h7-10,17H,6H2,1-5H3. The van der Waals surface area contributed by atoms with E-state index in [0.29, 0.717) is 5.92 Å². The smallest absolute Gasteiger partial charge is 0.274 e. The van der Waals surface area contributed by atoms with Crippen LogP contribution in [0.15, 0.2) is 23.0 Å². The summed E-state index contributed by atoms with van der Waals surface area (Å²) in [5.74, 6) is 0.329. The van der Waals surface area contributed by atoms with Gasteiger partial charge in [0.1, 0.15) is 0 Å². The van der Waals surface area contributed by atoms with Crippen molar-refractivity contribution in [1.29, 1.82) is 0 Å². The van der Waals surface area contributed by atoms with Gasteiger partial charge in [-0.15, -0.1) is 0 Å². The summed E-state index contributed by atoms with van der Waals surface area (Å²) in [5.41, 5.74) is 5.37. The van der Waals surface area contributed by atoms with Gasteiger partial charge < -0.3 is 0 Å². The summed E-state index contributed by atoms with van der Waals surface area (Å²) >= 11 is 0. The van der Waals surface area contributed by atoms with E-state index in [4.69, 9.17) is 0 Å². The van der Waals surface area contributed by atoms with Crippen molar-refractivity contribution >= 4 is 0 Å². The molecule has 0 atom stereocenters. The number of hydrogen-bond donors (Lipinski definition) is 1. The quantitative estimate of drug-likeness (QED) is 0.899. The molecule has 0 aliphatic heterocycles. The molecule has 2 aromatic rings. The van der Waals surface area contributed by atoms with Crippen molar-refractivity contribution in [3.05, 3.63) is 50.9 Å². The molecule has 0 amide bonds. The lowest BCUT2D eigenvalue weighted by atomic mass is 10.0. The molecule has 0 aliphatic carbocycles. The van der Waals surface area contributed by atoms with E-state index in [0.717, 1.165) is 23.4 Å².